The molecule has 0 radical (unpaired) electrons. The summed E-state index contributed by atoms with van der Waals surface area (Å²) in [5, 5.41) is 0. The first-order valence-corrected chi connectivity index (χ1v) is 9.99. The molecule has 0 aliphatic carbocycles. The Morgan fingerprint density at radius 3 is 2.67 bits per heavy atom. The normalized spacial score (nSPS) is 11.3. The quantitative estimate of drug-likeness (QED) is 0.568. The number of fused-ring (bicyclic) bond motifs is 1. The van der Waals surface area contributed by atoms with Gasteiger partial charge in [-0.1, -0.05) is 0 Å². The molecule has 144 valence electrons. The van der Waals surface area contributed by atoms with Crippen molar-refractivity contribution in [2.75, 3.05) is 7.05 Å². The Labute approximate surface area is 167 Å². The molecule has 0 N–H and O–H groups in total. The molecule has 10 heteroatoms. The Kier molecular flexibility index (Phi) is 5.66. The summed E-state index contributed by atoms with van der Waals surface area (Å²) in [5.41, 5.74) is -0.0502. The SMILES string of the molecule is CN(Cc1ccc(Br)s1)C(=O)CCCn1cnc2c1c(=O)n(C)c(=O)n2C. The number of thiophene rings is 1. The molecule has 1 amide bonds. The molecule has 0 aliphatic heterocycles. The molecule has 0 aromatic carbocycles. The molecule has 0 aliphatic rings. The molecule has 0 bridgehead atoms. The van der Waals surface area contributed by atoms with Gasteiger partial charge in [-0.15, -0.1) is 11.3 Å². The van der Waals surface area contributed by atoms with E-state index in [4.69, 9.17) is 0 Å². The summed E-state index contributed by atoms with van der Waals surface area (Å²) >= 11 is 5.03. The maximum absolute atomic E-state index is 12.4. The van der Waals surface area contributed by atoms with Gasteiger partial charge in [0.2, 0.25) is 5.91 Å². The van der Waals surface area contributed by atoms with E-state index in [1.54, 1.807) is 41.2 Å². The molecule has 0 saturated heterocycles. The smallest absolute Gasteiger partial charge is 0.332 e. The van der Waals surface area contributed by atoms with Crippen LogP contribution in [0.2, 0.25) is 0 Å². The zero-order valence-electron chi connectivity index (χ0n) is 15.3. The lowest BCUT2D eigenvalue weighted by Crippen LogP contribution is -2.37. The number of aryl methyl sites for hydroxylation is 2. The van der Waals surface area contributed by atoms with Crippen molar-refractivity contribution in [1.82, 2.24) is 23.6 Å². The highest BCUT2D eigenvalue weighted by atomic mass is 79.9. The van der Waals surface area contributed by atoms with Crippen molar-refractivity contribution in [2.45, 2.75) is 25.9 Å². The van der Waals surface area contributed by atoms with E-state index in [0.29, 0.717) is 37.1 Å². The number of halogens is 1. The third-order valence-corrected chi connectivity index (χ3v) is 6.06. The van der Waals surface area contributed by atoms with Crippen molar-refractivity contribution in [3.63, 3.8) is 0 Å². The van der Waals surface area contributed by atoms with Crippen molar-refractivity contribution < 1.29 is 4.79 Å². The van der Waals surface area contributed by atoms with Gasteiger partial charge in [0.15, 0.2) is 11.2 Å². The number of imidazole rings is 1. The van der Waals surface area contributed by atoms with Gasteiger partial charge in [-0.25, -0.2) is 9.78 Å². The highest BCUT2D eigenvalue weighted by Crippen LogP contribution is 2.23. The Balaban J connectivity index is 1.66. The van der Waals surface area contributed by atoms with Crippen LogP contribution in [0.4, 0.5) is 0 Å². The summed E-state index contributed by atoms with van der Waals surface area (Å²) in [6, 6.07) is 3.96. The number of rotatable bonds is 6. The molecule has 3 rings (SSSR count). The van der Waals surface area contributed by atoms with Crippen molar-refractivity contribution in [2.24, 2.45) is 14.1 Å². The summed E-state index contributed by atoms with van der Waals surface area (Å²) < 4.78 is 5.17. The van der Waals surface area contributed by atoms with Gasteiger partial charge in [0.25, 0.3) is 5.56 Å². The fourth-order valence-corrected chi connectivity index (χ4v) is 4.45. The second kappa shape index (κ2) is 7.81. The van der Waals surface area contributed by atoms with Crippen LogP contribution in [0.15, 0.2) is 31.8 Å². The second-order valence-corrected chi connectivity index (χ2v) is 8.92. The lowest BCUT2D eigenvalue weighted by molar-refractivity contribution is -0.130. The average Bonchev–Trinajstić information content (AvgIpc) is 3.24. The summed E-state index contributed by atoms with van der Waals surface area (Å²) in [6.45, 7) is 1.06. The number of carbonyl (C=O) groups is 1. The fraction of sp³-hybridized carbons (Fsp3) is 0.412. The minimum atomic E-state index is -0.408. The van der Waals surface area contributed by atoms with Crippen LogP contribution in [-0.4, -0.2) is 36.5 Å². The molecule has 0 fully saturated rings. The molecule has 27 heavy (non-hydrogen) atoms. The van der Waals surface area contributed by atoms with E-state index >= 15 is 0 Å². The molecule has 3 aromatic heterocycles. The van der Waals surface area contributed by atoms with Crippen molar-refractivity contribution in [3.8, 4) is 0 Å². The van der Waals surface area contributed by atoms with Crippen LogP contribution >= 0.6 is 27.3 Å². The van der Waals surface area contributed by atoms with Gasteiger partial charge in [-0.05, 0) is 34.5 Å². The largest absolute Gasteiger partial charge is 0.341 e. The van der Waals surface area contributed by atoms with E-state index in [0.717, 1.165) is 13.2 Å². The van der Waals surface area contributed by atoms with E-state index in [2.05, 4.69) is 20.9 Å². The molecule has 0 saturated carbocycles. The minimum absolute atomic E-state index is 0.0456. The van der Waals surface area contributed by atoms with Crippen molar-refractivity contribution >= 4 is 44.3 Å². The van der Waals surface area contributed by atoms with Gasteiger partial charge >= 0.3 is 5.69 Å². The lowest BCUT2D eigenvalue weighted by Gasteiger charge is -2.16. The van der Waals surface area contributed by atoms with Gasteiger partial charge in [0.05, 0.1) is 16.7 Å². The van der Waals surface area contributed by atoms with Crippen molar-refractivity contribution in [1.29, 1.82) is 0 Å². The molecule has 0 spiro atoms. The zero-order valence-corrected chi connectivity index (χ0v) is 17.7. The van der Waals surface area contributed by atoms with Crippen LogP contribution in [-0.2, 0) is 32.0 Å². The summed E-state index contributed by atoms with van der Waals surface area (Å²) in [6.07, 6.45) is 2.49. The Morgan fingerprint density at radius 2 is 2.00 bits per heavy atom. The van der Waals surface area contributed by atoms with E-state index in [-0.39, 0.29) is 11.5 Å². The Hall–Kier alpha value is -2.20. The van der Waals surface area contributed by atoms with Gasteiger partial charge in [-0.2, -0.15) is 0 Å². The molecular formula is C17H20BrN5O3S. The maximum atomic E-state index is 12.4. The summed E-state index contributed by atoms with van der Waals surface area (Å²) in [5.74, 6) is 0.0456. The topological polar surface area (TPSA) is 82.1 Å². The minimum Gasteiger partial charge on any atom is -0.341 e. The number of aromatic nitrogens is 4. The standard InChI is InChI=1S/C17H20BrN5O3S/c1-20(9-11-6-7-12(18)27-11)13(24)5-4-8-23-10-19-15-14(23)16(25)22(3)17(26)21(15)2/h6-7,10H,4-5,8-9H2,1-3H3. The van der Waals surface area contributed by atoms with Crippen LogP contribution in [0.3, 0.4) is 0 Å². The van der Waals surface area contributed by atoms with Gasteiger partial charge < -0.3 is 9.47 Å². The van der Waals surface area contributed by atoms with Gasteiger partial charge in [0.1, 0.15) is 0 Å². The molecule has 8 nitrogen and oxygen atoms in total. The first-order chi connectivity index (χ1) is 12.8. The van der Waals surface area contributed by atoms with Crippen LogP contribution < -0.4 is 11.2 Å². The van der Waals surface area contributed by atoms with Crippen LogP contribution in [0, 0.1) is 0 Å². The van der Waals surface area contributed by atoms with Crippen LogP contribution in [0.1, 0.15) is 17.7 Å². The number of nitrogens with zero attached hydrogens (tertiary/aromatic N) is 5. The fourth-order valence-electron chi connectivity index (χ4n) is 2.92. The number of hydrogen-bond acceptors (Lipinski definition) is 5. The summed E-state index contributed by atoms with van der Waals surface area (Å²) in [7, 11) is 4.82. The van der Waals surface area contributed by atoms with E-state index in [1.165, 1.54) is 11.6 Å². The number of hydrogen-bond donors (Lipinski definition) is 0. The first-order valence-electron chi connectivity index (χ1n) is 8.38. The first kappa shape index (κ1) is 19.6. The molecule has 0 atom stereocenters. The number of amides is 1. The molecular weight excluding hydrogens is 434 g/mol. The zero-order chi connectivity index (χ0) is 19.7. The molecule has 3 heterocycles. The maximum Gasteiger partial charge on any atom is 0.332 e. The van der Waals surface area contributed by atoms with E-state index < -0.39 is 5.69 Å². The third-order valence-electron chi connectivity index (χ3n) is 4.45. The predicted molar refractivity (Wildman–Crippen MR) is 108 cm³/mol. The Bertz CT molecular complexity index is 1110. The summed E-state index contributed by atoms with van der Waals surface area (Å²) in [4.78, 5) is 43.7. The average molecular weight is 454 g/mol. The highest BCUT2D eigenvalue weighted by Gasteiger charge is 2.15. The third kappa shape index (κ3) is 3.91. The second-order valence-electron chi connectivity index (χ2n) is 6.38. The van der Waals surface area contributed by atoms with Gasteiger partial charge in [-0.3, -0.25) is 18.7 Å². The highest BCUT2D eigenvalue weighted by molar-refractivity contribution is 9.11. The monoisotopic (exact) mass is 453 g/mol. The molecule has 0 unspecified atom stereocenters. The van der Waals surface area contributed by atoms with Gasteiger partial charge in [0, 0.05) is 39.0 Å². The van der Waals surface area contributed by atoms with Crippen LogP contribution in [0.5, 0.6) is 0 Å². The predicted octanol–water partition coefficient (Wildman–Crippen LogP) is 1.70. The lowest BCUT2D eigenvalue weighted by atomic mass is 10.2. The molecule has 3 aromatic rings. The van der Waals surface area contributed by atoms with Crippen molar-refractivity contribution in [3.05, 3.63) is 48.0 Å². The van der Waals surface area contributed by atoms with E-state index in [1.807, 2.05) is 12.1 Å². The Morgan fingerprint density at radius 1 is 1.26 bits per heavy atom. The number of carbonyl (C=O) groups excluding carboxylic acids is 1. The van der Waals surface area contributed by atoms with Crippen LogP contribution in [0.25, 0.3) is 11.2 Å². The van der Waals surface area contributed by atoms with E-state index in [9.17, 15) is 14.4 Å².